The van der Waals surface area contributed by atoms with Gasteiger partial charge in [-0.1, -0.05) is 0 Å². The summed E-state index contributed by atoms with van der Waals surface area (Å²) in [6, 6.07) is 0. The van der Waals surface area contributed by atoms with Gasteiger partial charge in [-0.25, -0.2) is 0 Å². The maximum absolute atomic E-state index is 10.5. The maximum atomic E-state index is 10.5. The van der Waals surface area contributed by atoms with Gasteiger partial charge in [0.1, 0.15) is 0 Å². The predicted molar refractivity (Wildman–Crippen MR) is 27.9 cm³/mol. The fraction of sp³-hybridized carbons (Fsp3) is 1.00. The molecule has 0 N–H and O–H groups in total. The molecule has 0 amide bonds. The minimum atomic E-state index is -1.70. The molecule has 2 unspecified atom stereocenters. The number of hydrogen-bond donors (Lipinski definition) is 0. The molecule has 1 heterocycles. The third kappa shape index (κ3) is 0.540. The van der Waals surface area contributed by atoms with Crippen LogP contribution >= 0.6 is 7.14 Å². The molecule has 1 saturated heterocycles. The standard InChI is InChI=1S/C3H6BOP/c1-6(5)2-3(6)4/h3H,2H2,1H3. The Morgan fingerprint density at radius 2 is 2.17 bits per heavy atom. The molecule has 0 aromatic carbocycles. The molecule has 1 aliphatic rings. The van der Waals surface area contributed by atoms with Gasteiger partial charge < -0.3 is 4.57 Å². The molecule has 6 heavy (non-hydrogen) atoms. The molecule has 0 saturated carbocycles. The van der Waals surface area contributed by atoms with Crippen LogP contribution < -0.4 is 0 Å². The van der Waals surface area contributed by atoms with Crippen molar-refractivity contribution in [2.24, 2.45) is 0 Å². The van der Waals surface area contributed by atoms with Gasteiger partial charge in [0.2, 0.25) is 0 Å². The van der Waals surface area contributed by atoms with Crippen LogP contribution in [0.4, 0.5) is 0 Å². The van der Waals surface area contributed by atoms with E-state index in [-0.39, 0.29) is 5.56 Å². The van der Waals surface area contributed by atoms with E-state index in [4.69, 9.17) is 7.85 Å². The van der Waals surface area contributed by atoms with E-state index in [2.05, 4.69) is 0 Å². The lowest BCUT2D eigenvalue weighted by Gasteiger charge is -1.73. The maximum Gasteiger partial charge on any atom is 0.0810 e. The number of rotatable bonds is 0. The average molecular weight is 99.9 g/mol. The van der Waals surface area contributed by atoms with Crippen molar-refractivity contribution < 1.29 is 4.57 Å². The Morgan fingerprint density at radius 1 is 2.00 bits per heavy atom. The summed E-state index contributed by atoms with van der Waals surface area (Å²) >= 11 is 0. The lowest BCUT2D eigenvalue weighted by Crippen LogP contribution is -1.73. The van der Waals surface area contributed by atoms with Crippen molar-refractivity contribution in [2.45, 2.75) is 5.56 Å². The molecule has 0 bridgehead atoms. The Labute approximate surface area is 38.9 Å². The van der Waals surface area contributed by atoms with Crippen molar-refractivity contribution in [3.8, 4) is 0 Å². The zero-order valence-corrected chi connectivity index (χ0v) is 4.61. The lowest BCUT2D eigenvalue weighted by molar-refractivity contribution is 0.591. The highest BCUT2D eigenvalue weighted by Gasteiger charge is 2.39. The van der Waals surface area contributed by atoms with Gasteiger partial charge in [-0.3, -0.25) is 0 Å². The second kappa shape index (κ2) is 0.922. The summed E-state index contributed by atoms with van der Waals surface area (Å²) in [5.41, 5.74) is 0.0532. The van der Waals surface area contributed by atoms with Crippen LogP contribution in [0.1, 0.15) is 0 Å². The van der Waals surface area contributed by atoms with Crippen LogP contribution in [0.5, 0.6) is 0 Å². The minimum Gasteiger partial charge on any atom is -0.324 e. The van der Waals surface area contributed by atoms with E-state index in [0.29, 0.717) is 0 Å². The summed E-state index contributed by atoms with van der Waals surface area (Å²) in [6.07, 6.45) is 0.771. The first kappa shape index (κ1) is 4.45. The van der Waals surface area contributed by atoms with Gasteiger partial charge in [0.05, 0.1) is 15.0 Å². The van der Waals surface area contributed by atoms with Crippen molar-refractivity contribution in [2.75, 3.05) is 12.8 Å². The van der Waals surface area contributed by atoms with E-state index >= 15 is 0 Å². The van der Waals surface area contributed by atoms with Crippen LogP contribution in [0.2, 0.25) is 0 Å². The molecular weight excluding hydrogens is 93.8 g/mol. The number of hydrogen-bond acceptors (Lipinski definition) is 1. The Hall–Kier alpha value is 0.295. The van der Waals surface area contributed by atoms with Gasteiger partial charge in [-0.05, 0) is 12.2 Å². The lowest BCUT2D eigenvalue weighted by atomic mass is 10.1. The third-order valence-electron chi connectivity index (χ3n) is 1.12. The van der Waals surface area contributed by atoms with E-state index in [1.54, 1.807) is 6.66 Å². The zero-order valence-electron chi connectivity index (χ0n) is 3.72. The summed E-state index contributed by atoms with van der Waals surface area (Å²) in [7, 11) is 3.53. The zero-order chi connectivity index (χ0) is 4.78. The highest BCUT2D eigenvalue weighted by molar-refractivity contribution is 7.73. The smallest absolute Gasteiger partial charge is 0.0810 e. The molecule has 1 aliphatic heterocycles. The minimum absolute atomic E-state index is 0.0532. The second-order valence-corrected chi connectivity index (χ2v) is 5.30. The quantitative estimate of drug-likeness (QED) is 0.319. The molecule has 0 aromatic heterocycles. The summed E-state index contributed by atoms with van der Waals surface area (Å²) in [4.78, 5) is 0. The molecule has 32 valence electrons. The normalized spacial score (nSPS) is 55.2. The Balaban J connectivity index is 2.64. The van der Waals surface area contributed by atoms with E-state index in [0.717, 1.165) is 6.16 Å². The average Bonchev–Trinajstić information content (AvgIpc) is 1.73. The van der Waals surface area contributed by atoms with Crippen molar-refractivity contribution in [1.82, 2.24) is 0 Å². The molecule has 0 spiro atoms. The van der Waals surface area contributed by atoms with Crippen LogP contribution in [0.3, 0.4) is 0 Å². The fourth-order valence-electron chi connectivity index (χ4n) is 0.324. The van der Waals surface area contributed by atoms with Gasteiger partial charge in [-0.15, -0.1) is 0 Å². The van der Waals surface area contributed by atoms with Crippen LogP contribution in [0.25, 0.3) is 0 Å². The Morgan fingerprint density at radius 3 is 2.17 bits per heavy atom. The van der Waals surface area contributed by atoms with E-state index < -0.39 is 7.14 Å². The highest BCUT2D eigenvalue weighted by Crippen LogP contribution is 2.62. The van der Waals surface area contributed by atoms with Gasteiger partial charge in [0.15, 0.2) is 0 Å². The summed E-state index contributed by atoms with van der Waals surface area (Å²) in [6.45, 7) is 1.75. The van der Waals surface area contributed by atoms with Crippen LogP contribution in [0.15, 0.2) is 0 Å². The highest BCUT2D eigenvalue weighted by atomic mass is 31.2. The van der Waals surface area contributed by atoms with Crippen molar-refractivity contribution in [3.05, 3.63) is 0 Å². The molecule has 0 aromatic rings. The first-order valence-electron chi connectivity index (χ1n) is 1.95. The molecule has 0 aliphatic carbocycles. The molecule has 1 fully saturated rings. The molecule has 3 heteroatoms. The second-order valence-electron chi connectivity index (χ2n) is 1.92. The monoisotopic (exact) mass is 100 g/mol. The first-order valence-corrected chi connectivity index (χ1v) is 4.35. The van der Waals surface area contributed by atoms with Crippen molar-refractivity contribution >= 4 is 15.0 Å². The molecule has 2 radical (unpaired) electrons. The molecule has 1 nitrogen and oxygen atoms in total. The van der Waals surface area contributed by atoms with Gasteiger partial charge in [0, 0.05) is 6.16 Å². The van der Waals surface area contributed by atoms with E-state index in [1.807, 2.05) is 0 Å². The third-order valence-corrected chi connectivity index (χ3v) is 3.35. The first-order chi connectivity index (χ1) is 2.63. The SMILES string of the molecule is [B]C1CP1(C)=O. The fourth-order valence-corrected chi connectivity index (χ4v) is 1.66. The van der Waals surface area contributed by atoms with E-state index in [1.165, 1.54) is 0 Å². The predicted octanol–water partition coefficient (Wildman–Crippen LogP) is 0.487. The van der Waals surface area contributed by atoms with Crippen LogP contribution in [-0.4, -0.2) is 26.2 Å². The summed E-state index contributed by atoms with van der Waals surface area (Å²) < 4.78 is 10.5. The van der Waals surface area contributed by atoms with Crippen LogP contribution in [-0.2, 0) is 4.57 Å². The van der Waals surface area contributed by atoms with Gasteiger partial charge >= 0.3 is 0 Å². The largest absolute Gasteiger partial charge is 0.324 e. The summed E-state index contributed by atoms with van der Waals surface area (Å²) in [5, 5.41) is 0. The van der Waals surface area contributed by atoms with Crippen molar-refractivity contribution in [1.29, 1.82) is 0 Å². The summed E-state index contributed by atoms with van der Waals surface area (Å²) in [5.74, 6) is 0. The topological polar surface area (TPSA) is 17.1 Å². The Bertz CT molecular complexity index is 111. The molecular formula is C3H6BOP. The van der Waals surface area contributed by atoms with Crippen molar-refractivity contribution in [3.63, 3.8) is 0 Å². The van der Waals surface area contributed by atoms with Gasteiger partial charge in [0.25, 0.3) is 0 Å². The van der Waals surface area contributed by atoms with Gasteiger partial charge in [-0.2, -0.15) is 0 Å². The molecule has 1 rings (SSSR count). The Kier molecular flexibility index (Phi) is 0.684. The molecule has 2 atom stereocenters. The van der Waals surface area contributed by atoms with E-state index in [9.17, 15) is 4.57 Å². The van der Waals surface area contributed by atoms with Crippen LogP contribution in [0, 0.1) is 0 Å².